The molecule has 0 amide bonds. The maximum absolute atomic E-state index is 4.44. The molecule has 1 aromatic carbocycles. The van der Waals surface area contributed by atoms with Crippen molar-refractivity contribution in [2.45, 2.75) is 39.5 Å². The van der Waals surface area contributed by atoms with Crippen LogP contribution in [0.15, 0.2) is 24.3 Å². The molecule has 112 valence electrons. The zero-order valence-electron chi connectivity index (χ0n) is 12.9. The van der Waals surface area contributed by atoms with E-state index < -0.39 is 0 Å². The molecule has 1 aliphatic rings. The first-order chi connectivity index (χ1) is 10.2. The fraction of sp³-hybridized carbons (Fsp3) is 0.529. The molecule has 0 atom stereocenters. The summed E-state index contributed by atoms with van der Waals surface area (Å²) in [5.41, 5.74) is 2.21. The number of hydrogen-bond donors (Lipinski definition) is 2. The molecule has 21 heavy (non-hydrogen) atoms. The largest absolute Gasteiger partial charge is 0.384 e. The number of aromatic nitrogens is 3. The molecule has 4 heteroatoms. The van der Waals surface area contributed by atoms with Gasteiger partial charge in [-0.2, -0.15) is 5.10 Å². The molecule has 1 heterocycles. The summed E-state index contributed by atoms with van der Waals surface area (Å²) in [6.07, 6.45) is 5.43. The van der Waals surface area contributed by atoms with Gasteiger partial charge in [0.05, 0.1) is 0 Å². The van der Waals surface area contributed by atoms with Gasteiger partial charge in [0.25, 0.3) is 0 Å². The van der Waals surface area contributed by atoms with E-state index in [0.717, 1.165) is 41.3 Å². The van der Waals surface area contributed by atoms with Crippen molar-refractivity contribution >= 4 is 5.69 Å². The smallest absolute Gasteiger partial charge is 0.183 e. The Bertz CT molecular complexity index is 582. The zero-order valence-corrected chi connectivity index (χ0v) is 12.9. The number of benzene rings is 1. The highest BCUT2D eigenvalue weighted by molar-refractivity contribution is 5.73. The summed E-state index contributed by atoms with van der Waals surface area (Å²) in [6, 6.07) is 8.29. The fourth-order valence-corrected chi connectivity index (χ4v) is 3.08. The normalized spacial score (nSPS) is 22.2. The van der Waals surface area contributed by atoms with Crippen LogP contribution in [-0.4, -0.2) is 21.7 Å². The molecule has 0 bridgehead atoms. The number of rotatable bonds is 4. The third-order valence-corrected chi connectivity index (χ3v) is 4.48. The number of nitrogens with one attached hydrogen (secondary N) is 2. The summed E-state index contributed by atoms with van der Waals surface area (Å²) in [6.45, 7) is 5.34. The van der Waals surface area contributed by atoms with Gasteiger partial charge in [0, 0.05) is 17.8 Å². The number of anilines is 1. The van der Waals surface area contributed by atoms with E-state index in [1.54, 1.807) is 0 Å². The van der Waals surface area contributed by atoms with Gasteiger partial charge in [0.15, 0.2) is 5.82 Å². The van der Waals surface area contributed by atoms with Gasteiger partial charge >= 0.3 is 0 Å². The van der Waals surface area contributed by atoms with Gasteiger partial charge < -0.3 is 5.32 Å². The van der Waals surface area contributed by atoms with Crippen LogP contribution in [0.5, 0.6) is 0 Å². The SMILES string of the molecule is Cc1nc(-c2ccccc2NCC2CCC(C)CC2)n[nH]1. The second-order valence-electron chi connectivity index (χ2n) is 6.30. The summed E-state index contributed by atoms with van der Waals surface area (Å²) in [4.78, 5) is 4.44. The van der Waals surface area contributed by atoms with Gasteiger partial charge in [-0.1, -0.05) is 31.9 Å². The van der Waals surface area contributed by atoms with Crippen molar-refractivity contribution < 1.29 is 0 Å². The highest BCUT2D eigenvalue weighted by atomic mass is 15.2. The lowest BCUT2D eigenvalue weighted by molar-refractivity contribution is 0.300. The third-order valence-electron chi connectivity index (χ3n) is 4.48. The number of H-pyrrole nitrogens is 1. The van der Waals surface area contributed by atoms with Crippen LogP contribution < -0.4 is 5.32 Å². The molecule has 2 aromatic rings. The zero-order chi connectivity index (χ0) is 14.7. The molecule has 1 saturated carbocycles. The average molecular weight is 284 g/mol. The molecule has 0 radical (unpaired) electrons. The van der Waals surface area contributed by atoms with E-state index in [9.17, 15) is 0 Å². The van der Waals surface area contributed by atoms with Crippen LogP contribution in [0.4, 0.5) is 5.69 Å². The highest BCUT2D eigenvalue weighted by Gasteiger charge is 2.18. The van der Waals surface area contributed by atoms with E-state index in [1.807, 2.05) is 13.0 Å². The highest BCUT2D eigenvalue weighted by Crippen LogP contribution is 2.30. The van der Waals surface area contributed by atoms with E-state index in [0.29, 0.717) is 0 Å². The Morgan fingerprint density at radius 2 is 1.95 bits per heavy atom. The minimum absolute atomic E-state index is 0.771. The molecule has 0 spiro atoms. The van der Waals surface area contributed by atoms with Gasteiger partial charge in [0.1, 0.15) is 5.82 Å². The van der Waals surface area contributed by atoms with Crippen molar-refractivity contribution in [3.63, 3.8) is 0 Å². The Labute approximate surface area is 126 Å². The summed E-state index contributed by atoms with van der Waals surface area (Å²) < 4.78 is 0. The maximum Gasteiger partial charge on any atom is 0.183 e. The van der Waals surface area contributed by atoms with Crippen molar-refractivity contribution in [1.29, 1.82) is 0 Å². The first-order valence-corrected chi connectivity index (χ1v) is 7.94. The van der Waals surface area contributed by atoms with Crippen molar-refractivity contribution in [3.05, 3.63) is 30.1 Å². The number of para-hydroxylation sites is 1. The van der Waals surface area contributed by atoms with Crippen molar-refractivity contribution in [1.82, 2.24) is 15.2 Å². The summed E-state index contributed by atoms with van der Waals surface area (Å²) >= 11 is 0. The lowest BCUT2D eigenvalue weighted by atomic mass is 9.83. The Morgan fingerprint density at radius 1 is 1.19 bits per heavy atom. The Hall–Kier alpha value is -1.84. The standard InChI is InChI=1S/C17H24N4/c1-12-7-9-14(10-8-12)11-18-16-6-4-3-5-15(16)17-19-13(2)20-21-17/h3-6,12,14,18H,7-11H2,1-2H3,(H,19,20,21). The summed E-state index contributed by atoms with van der Waals surface area (Å²) in [7, 11) is 0. The second-order valence-corrected chi connectivity index (χ2v) is 6.30. The lowest BCUT2D eigenvalue weighted by Crippen LogP contribution is -2.20. The van der Waals surface area contributed by atoms with E-state index >= 15 is 0 Å². The van der Waals surface area contributed by atoms with Crippen LogP contribution >= 0.6 is 0 Å². The Morgan fingerprint density at radius 3 is 2.67 bits per heavy atom. The molecule has 1 fully saturated rings. The first kappa shape index (κ1) is 14.1. The average Bonchev–Trinajstić information content (AvgIpc) is 2.93. The van der Waals surface area contributed by atoms with Gasteiger partial charge in [-0.3, -0.25) is 5.10 Å². The van der Waals surface area contributed by atoms with Gasteiger partial charge in [-0.15, -0.1) is 0 Å². The molecule has 1 aromatic heterocycles. The Kier molecular flexibility index (Phi) is 4.23. The lowest BCUT2D eigenvalue weighted by Gasteiger charge is -2.26. The van der Waals surface area contributed by atoms with Crippen LogP contribution in [0.25, 0.3) is 11.4 Å². The second kappa shape index (κ2) is 6.29. The topological polar surface area (TPSA) is 53.6 Å². The van der Waals surface area contributed by atoms with Gasteiger partial charge in [-0.25, -0.2) is 4.98 Å². The summed E-state index contributed by atoms with van der Waals surface area (Å²) in [5.74, 6) is 3.32. The van der Waals surface area contributed by atoms with Gasteiger partial charge in [0.2, 0.25) is 0 Å². The minimum Gasteiger partial charge on any atom is -0.384 e. The van der Waals surface area contributed by atoms with Crippen LogP contribution in [0, 0.1) is 18.8 Å². The Balaban J connectivity index is 1.68. The molecule has 3 rings (SSSR count). The molecule has 2 N–H and O–H groups in total. The van der Waals surface area contributed by atoms with Crippen molar-refractivity contribution in [2.75, 3.05) is 11.9 Å². The molecule has 1 aliphatic carbocycles. The number of aryl methyl sites for hydroxylation is 1. The molecule has 4 nitrogen and oxygen atoms in total. The van der Waals surface area contributed by atoms with E-state index in [2.05, 4.69) is 45.6 Å². The van der Waals surface area contributed by atoms with Crippen molar-refractivity contribution in [3.8, 4) is 11.4 Å². The monoisotopic (exact) mass is 284 g/mol. The predicted octanol–water partition coefficient (Wildman–Crippen LogP) is 4.02. The van der Waals surface area contributed by atoms with E-state index in [1.165, 1.54) is 25.7 Å². The van der Waals surface area contributed by atoms with Gasteiger partial charge in [-0.05, 0) is 43.7 Å². The third kappa shape index (κ3) is 3.43. The minimum atomic E-state index is 0.771. The molecule has 0 saturated heterocycles. The van der Waals surface area contributed by atoms with Crippen molar-refractivity contribution in [2.24, 2.45) is 11.8 Å². The fourth-order valence-electron chi connectivity index (χ4n) is 3.08. The number of nitrogens with zero attached hydrogens (tertiary/aromatic N) is 2. The van der Waals surface area contributed by atoms with Crippen LogP contribution in [0.1, 0.15) is 38.4 Å². The summed E-state index contributed by atoms with van der Waals surface area (Å²) in [5, 5.41) is 10.8. The number of hydrogen-bond acceptors (Lipinski definition) is 3. The quantitative estimate of drug-likeness (QED) is 0.891. The number of aromatic amines is 1. The van der Waals surface area contributed by atoms with E-state index in [4.69, 9.17) is 0 Å². The molecule has 0 unspecified atom stereocenters. The molecular formula is C17H24N4. The van der Waals surface area contributed by atoms with Crippen LogP contribution in [0.3, 0.4) is 0 Å². The maximum atomic E-state index is 4.44. The van der Waals surface area contributed by atoms with Crippen LogP contribution in [0.2, 0.25) is 0 Å². The van der Waals surface area contributed by atoms with E-state index in [-0.39, 0.29) is 0 Å². The first-order valence-electron chi connectivity index (χ1n) is 7.94. The molecule has 0 aliphatic heterocycles. The van der Waals surface area contributed by atoms with Crippen LogP contribution in [-0.2, 0) is 0 Å². The predicted molar refractivity (Wildman–Crippen MR) is 86.2 cm³/mol. The molecular weight excluding hydrogens is 260 g/mol.